The van der Waals surface area contributed by atoms with Gasteiger partial charge in [0.2, 0.25) is 11.8 Å². The summed E-state index contributed by atoms with van der Waals surface area (Å²) in [6.45, 7) is 0.467. The first-order chi connectivity index (χ1) is 14.5. The SMILES string of the molecule is NC(=O)c1ccc(CN(C(=O)Cc2csc(NC(=O)c3ccco3)n2)C2CC2)cc1. The Morgan fingerprint density at radius 3 is 2.60 bits per heavy atom. The van der Waals surface area contributed by atoms with Gasteiger partial charge >= 0.3 is 0 Å². The highest BCUT2D eigenvalue weighted by atomic mass is 32.1. The third-order valence-corrected chi connectivity index (χ3v) is 5.56. The Hall–Kier alpha value is -3.46. The van der Waals surface area contributed by atoms with E-state index in [2.05, 4.69) is 10.3 Å². The van der Waals surface area contributed by atoms with Crippen molar-refractivity contribution < 1.29 is 18.8 Å². The summed E-state index contributed by atoms with van der Waals surface area (Å²) in [5, 5.41) is 4.85. The van der Waals surface area contributed by atoms with Crippen molar-refractivity contribution in [3.63, 3.8) is 0 Å². The van der Waals surface area contributed by atoms with Gasteiger partial charge in [-0.15, -0.1) is 11.3 Å². The van der Waals surface area contributed by atoms with Crippen LogP contribution in [-0.2, 0) is 17.8 Å². The molecule has 0 spiro atoms. The largest absolute Gasteiger partial charge is 0.459 e. The van der Waals surface area contributed by atoms with E-state index in [9.17, 15) is 14.4 Å². The number of thiazole rings is 1. The predicted molar refractivity (Wildman–Crippen MR) is 111 cm³/mol. The third-order valence-electron chi connectivity index (χ3n) is 4.75. The summed E-state index contributed by atoms with van der Waals surface area (Å²) in [7, 11) is 0. The molecule has 154 valence electrons. The maximum atomic E-state index is 12.9. The highest BCUT2D eigenvalue weighted by molar-refractivity contribution is 7.14. The number of hydrogen-bond acceptors (Lipinski definition) is 6. The van der Waals surface area contributed by atoms with Gasteiger partial charge in [0.05, 0.1) is 18.4 Å². The molecule has 4 rings (SSSR count). The zero-order valence-corrected chi connectivity index (χ0v) is 16.9. The molecule has 0 unspecified atom stereocenters. The van der Waals surface area contributed by atoms with Gasteiger partial charge in [0.15, 0.2) is 10.9 Å². The average Bonchev–Trinajstić information content (AvgIpc) is 3.22. The second-order valence-electron chi connectivity index (χ2n) is 7.07. The lowest BCUT2D eigenvalue weighted by atomic mass is 10.1. The third kappa shape index (κ3) is 4.74. The van der Waals surface area contributed by atoms with Crippen LogP contribution in [-0.4, -0.2) is 33.6 Å². The van der Waals surface area contributed by atoms with Gasteiger partial charge in [0.1, 0.15) is 0 Å². The molecule has 0 atom stereocenters. The molecule has 1 aliphatic carbocycles. The number of amides is 3. The van der Waals surface area contributed by atoms with Gasteiger partial charge in [-0.1, -0.05) is 12.1 Å². The first-order valence-electron chi connectivity index (χ1n) is 9.47. The lowest BCUT2D eigenvalue weighted by Gasteiger charge is -2.22. The van der Waals surface area contributed by atoms with E-state index in [-0.39, 0.29) is 30.0 Å². The molecular weight excluding hydrogens is 404 g/mol. The molecule has 9 heteroatoms. The van der Waals surface area contributed by atoms with Crippen LogP contribution >= 0.6 is 11.3 Å². The summed E-state index contributed by atoms with van der Waals surface area (Å²) >= 11 is 1.26. The summed E-state index contributed by atoms with van der Waals surface area (Å²) in [5.41, 5.74) is 7.26. The molecule has 1 aliphatic rings. The molecule has 8 nitrogen and oxygen atoms in total. The number of hydrogen-bond donors (Lipinski definition) is 2. The Labute approximate surface area is 176 Å². The van der Waals surface area contributed by atoms with Crippen molar-refractivity contribution in [3.8, 4) is 0 Å². The summed E-state index contributed by atoms with van der Waals surface area (Å²) in [4.78, 5) is 42.4. The number of nitrogens with one attached hydrogen (secondary N) is 1. The van der Waals surface area contributed by atoms with Crippen LogP contribution in [0, 0.1) is 0 Å². The molecule has 2 heterocycles. The maximum Gasteiger partial charge on any atom is 0.293 e. The van der Waals surface area contributed by atoms with E-state index < -0.39 is 5.91 Å². The fraction of sp³-hybridized carbons (Fsp3) is 0.238. The number of anilines is 1. The van der Waals surface area contributed by atoms with E-state index in [1.165, 1.54) is 17.6 Å². The molecule has 0 radical (unpaired) electrons. The minimum atomic E-state index is -0.477. The first kappa shape index (κ1) is 19.8. The van der Waals surface area contributed by atoms with Crippen LogP contribution in [0.4, 0.5) is 5.13 Å². The standard InChI is InChI=1S/C21H20N4O4S/c22-19(27)14-5-3-13(4-6-14)11-25(16-7-8-16)18(26)10-15-12-30-21(23-15)24-20(28)17-2-1-9-29-17/h1-6,9,12,16H,7-8,10-11H2,(H2,22,27)(H,23,24,28). The van der Waals surface area contributed by atoms with Crippen molar-refractivity contribution in [2.75, 3.05) is 5.32 Å². The van der Waals surface area contributed by atoms with Crippen molar-refractivity contribution in [2.45, 2.75) is 31.8 Å². The maximum absolute atomic E-state index is 12.9. The van der Waals surface area contributed by atoms with Gasteiger partial charge in [-0.3, -0.25) is 19.7 Å². The molecule has 3 amide bonds. The molecule has 1 saturated carbocycles. The Kier molecular flexibility index (Phi) is 5.62. The van der Waals surface area contributed by atoms with Crippen LogP contribution in [0.25, 0.3) is 0 Å². The molecule has 2 aromatic heterocycles. The van der Waals surface area contributed by atoms with Gasteiger partial charge < -0.3 is 15.1 Å². The predicted octanol–water partition coefficient (Wildman–Crippen LogP) is 2.82. The van der Waals surface area contributed by atoms with Gasteiger partial charge in [-0.25, -0.2) is 4.98 Å². The van der Waals surface area contributed by atoms with Crippen molar-refractivity contribution in [3.05, 3.63) is 70.6 Å². The highest BCUT2D eigenvalue weighted by Crippen LogP contribution is 2.29. The number of rotatable bonds is 8. The van der Waals surface area contributed by atoms with Crippen molar-refractivity contribution >= 4 is 34.2 Å². The Bertz CT molecular complexity index is 1060. The zero-order valence-electron chi connectivity index (χ0n) is 16.0. The molecule has 1 fully saturated rings. The molecule has 3 aromatic rings. The summed E-state index contributed by atoms with van der Waals surface area (Å²) in [6, 6.07) is 10.4. The fourth-order valence-corrected chi connectivity index (χ4v) is 3.75. The highest BCUT2D eigenvalue weighted by Gasteiger charge is 2.32. The lowest BCUT2D eigenvalue weighted by molar-refractivity contribution is -0.131. The van der Waals surface area contributed by atoms with Crippen molar-refractivity contribution in [1.82, 2.24) is 9.88 Å². The molecule has 1 aromatic carbocycles. The van der Waals surface area contributed by atoms with E-state index in [0.717, 1.165) is 18.4 Å². The summed E-state index contributed by atoms with van der Waals surface area (Å²) in [6.07, 6.45) is 3.54. The number of carbonyl (C=O) groups is 3. The van der Waals surface area contributed by atoms with E-state index in [0.29, 0.717) is 22.9 Å². The number of primary amides is 1. The Balaban J connectivity index is 1.38. The number of nitrogens with two attached hydrogens (primary N) is 1. The average molecular weight is 424 g/mol. The molecule has 0 saturated heterocycles. The fourth-order valence-electron chi connectivity index (χ4n) is 3.05. The normalized spacial score (nSPS) is 13.1. The molecule has 0 aliphatic heterocycles. The topological polar surface area (TPSA) is 119 Å². The van der Waals surface area contributed by atoms with Crippen LogP contribution in [0.15, 0.2) is 52.5 Å². The second-order valence-corrected chi connectivity index (χ2v) is 7.92. The number of furan rings is 1. The molecular formula is C21H20N4O4S. The van der Waals surface area contributed by atoms with Gasteiger partial charge in [0, 0.05) is 23.5 Å². The van der Waals surface area contributed by atoms with E-state index in [1.807, 2.05) is 17.0 Å². The number of benzene rings is 1. The number of nitrogens with zero attached hydrogens (tertiary/aromatic N) is 2. The smallest absolute Gasteiger partial charge is 0.293 e. The summed E-state index contributed by atoms with van der Waals surface area (Å²) in [5.74, 6) is -0.683. The van der Waals surface area contributed by atoms with Gasteiger partial charge in [-0.2, -0.15) is 0 Å². The molecule has 0 bridgehead atoms. The van der Waals surface area contributed by atoms with E-state index in [4.69, 9.17) is 10.2 Å². The van der Waals surface area contributed by atoms with E-state index in [1.54, 1.807) is 29.6 Å². The second kappa shape index (κ2) is 8.50. The number of carbonyl (C=O) groups excluding carboxylic acids is 3. The minimum Gasteiger partial charge on any atom is -0.459 e. The van der Waals surface area contributed by atoms with Crippen molar-refractivity contribution in [1.29, 1.82) is 0 Å². The lowest BCUT2D eigenvalue weighted by Crippen LogP contribution is -2.33. The monoisotopic (exact) mass is 424 g/mol. The Morgan fingerprint density at radius 2 is 1.97 bits per heavy atom. The van der Waals surface area contributed by atoms with Crippen LogP contribution in [0.5, 0.6) is 0 Å². The van der Waals surface area contributed by atoms with Crippen LogP contribution < -0.4 is 11.1 Å². The van der Waals surface area contributed by atoms with Crippen molar-refractivity contribution in [2.24, 2.45) is 5.73 Å². The van der Waals surface area contributed by atoms with Gasteiger partial charge in [-0.05, 0) is 42.7 Å². The van der Waals surface area contributed by atoms with Crippen LogP contribution in [0.3, 0.4) is 0 Å². The molecule has 30 heavy (non-hydrogen) atoms. The minimum absolute atomic E-state index is 0.0225. The summed E-state index contributed by atoms with van der Waals surface area (Å²) < 4.78 is 5.06. The quantitative estimate of drug-likeness (QED) is 0.576. The number of aromatic nitrogens is 1. The van der Waals surface area contributed by atoms with E-state index >= 15 is 0 Å². The first-order valence-corrected chi connectivity index (χ1v) is 10.3. The van der Waals surface area contributed by atoms with Gasteiger partial charge in [0.25, 0.3) is 5.91 Å². The van der Waals surface area contributed by atoms with Crippen LogP contribution in [0.2, 0.25) is 0 Å². The zero-order chi connectivity index (χ0) is 21.1. The van der Waals surface area contributed by atoms with Crippen LogP contribution in [0.1, 0.15) is 45.0 Å². The Morgan fingerprint density at radius 1 is 1.20 bits per heavy atom. The molecule has 3 N–H and O–H groups in total.